The van der Waals surface area contributed by atoms with Gasteiger partial charge in [-0.15, -0.1) is 0 Å². The summed E-state index contributed by atoms with van der Waals surface area (Å²) in [5.74, 6) is 0.802. The second-order valence-electron chi connectivity index (χ2n) is 16.1. The molecule has 0 saturated carbocycles. The van der Waals surface area contributed by atoms with Crippen LogP contribution in [-0.4, -0.2) is 9.97 Å². The molecule has 1 aliphatic rings. The van der Waals surface area contributed by atoms with E-state index in [9.17, 15) is 0 Å². The highest BCUT2D eigenvalue weighted by Crippen LogP contribution is 2.52. The molecule has 1 unspecified atom stereocenters. The molecular weight excluding hydrogens is 751 g/mol. The Kier molecular flexibility index (Phi) is 8.57. The molecule has 1 atom stereocenters. The number of nitrogens with zero attached hydrogens (tertiary/aromatic N) is 3. The Morgan fingerprint density at radius 3 is 1.76 bits per heavy atom. The number of para-hydroxylation sites is 2. The van der Waals surface area contributed by atoms with E-state index in [1.165, 1.54) is 60.5 Å². The zero-order valence-electron chi connectivity index (χ0n) is 33.9. The smallest absolute Gasteiger partial charge is 0.235 e. The minimum atomic E-state index is 0.182. The summed E-state index contributed by atoms with van der Waals surface area (Å²) in [6.45, 7) is 0. The average molecular weight is 790 g/mol. The van der Waals surface area contributed by atoms with Crippen molar-refractivity contribution in [3.05, 3.63) is 247 Å². The van der Waals surface area contributed by atoms with E-state index in [0.29, 0.717) is 5.95 Å². The van der Waals surface area contributed by atoms with Crippen LogP contribution in [0.15, 0.2) is 231 Å². The van der Waals surface area contributed by atoms with Crippen LogP contribution in [0.5, 0.6) is 0 Å². The zero-order valence-corrected chi connectivity index (χ0v) is 33.9. The van der Waals surface area contributed by atoms with E-state index in [1.807, 2.05) is 18.2 Å². The quantitative estimate of drug-likeness (QED) is 0.161. The molecule has 3 nitrogen and oxygen atoms in total. The van der Waals surface area contributed by atoms with Crippen LogP contribution >= 0.6 is 0 Å². The van der Waals surface area contributed by atoms with Crippen molar-refractivity contribution in [2.75, 3.05) is 4.90 Å². The SMILES string of the molecule is c1ccc(-c2nc(N(c3ccccc3)c3cccc(-c4ccc5cc(-c6cc7c(c8ccccc68)-c6ccccc6C7c6ccccc6)ccc5c4)c3)nc3ccccc23)cc1. The van der Waals surface area contributed by atoms with E-state index in [0.717, 1.165) is 44.7 Å². The van der Waals surface area contributed by atoms with Gasteiger partial charge in [0.15, 0.2) is 0 Å². The van der Waals surface area contributed by atoms with Gasteiger partial charge in [0.1, 0.15) is 0 Å². The molecule has 62 heavy (non-hydrogen) atoms. The number of aromatic nitrogens is 2. The molecule has 0 spiro atoms. The maximum absolute atomic E-state index is 5.28. The summed E-state index contributed by atoms with van der Waals surface area (Å²) in [6.07, 6.45) is 0. The predicted molar refractivity (Wildman–Crippen MR) is 258 cm³/mol. The molecule has 290 valence electrons. The van der Waals surface area contributed by atoms with Gasteiger partial charge in [-0.1, -0.05) is 182 Å². The largest absolute Gasteiger partial charge is 0.279 e. The number of hydrogen-bond donors (Lipinski definition) is 0. The summed E-state index contributed by atoms with van der Waals surface area (Å²) < 4.78 is 0. The van der Waals surface area contributed by atoms with Gasteiger partial charge in [-0.2, -0.15) is 0 Å². The summed E-state index contributed by atoms with van der Waals surface area (Å²) in [5.41, 5.74) is 16.4. The molecule has 1 aliphatic carbocycles. The topological polar surface area (TPSA) is 29.0 Å². The fraction of sp³-hybridized carbons (Fsp3) is 0.0169. The van der Waals surface area contributed by atoms with Crippen molar-refractivity contribution in [1.82, 2.24) is 9.97 Å². The molecule has 1 heterocycles. The summed E-state index contributed by atoms with van der Waals surface area (Å²) in [5, 5.41) is 6.00. The standard InChI is InChI=1S/C59H39N3/c1-4-17-39(18-5-1)56-50-27-12-13-28-51(50)57-49-26-11-10-25-48(49)53(38-54(56)57)45-34-33-43-35-42(31-32-44(43)36-45)41-21-16-24-47(37-41)62(46-22-8-3-9-23-46)59-60-55-30-15-14-29-52(55)58(61-59)40-19-6-2-7-20-40/h1-38,56H. The van der Waals surface area contributed by atoms with E-state index in [-0.39, 0.29) is 5.92 Å². The molecule has 0 amide bonds. The van der Waals surface area contributed by atoms with Gasteiger partial charge in [-0.05, 0) is 120 Å². The number of rotatable bonds is 7. The van der Waals surface area contributed by atoms with Crippen molar-refractivity contribution in [3.63, 3.8) is 0 Å². The predicted octanol–water partition coefficient (Wildman–Crippen LogP) is 15.6. The molecule has 0 bridgehead atoms. The lowest BCUT2D eigenvalue weighted by atomic mass is 9.85. The van der Waals surface area contributed by atoms with E-state index in [2.05, 4.69) is 217 Å². The van der Waals surface area contributed by atoms with Crippen molar-refractivity contribution >= 4 is 49.8 Å². The minimum absolute atomic E-state index is 0.182. The molecule has 12 rings (SSSR count). The van der Waals surface area contributed by atoms with Crippen LogP contribution in [0.25, 0.3) is 77.1 Å². The van der Waals surface area contributed by atoms with E-state index in [1.54, 1.807) is 0 Å². The van der Waals surface area contributed by atoms with E-state index >= 15 is 0 Å². The highest BCUT2D eigenvalue weighted by Gasteiger charge is 2.32. The van der Waals surface area contributed by atoms with Gasteiger partial charge < -0.3 is 0 Å². The van der Waals surface area contributed by atoms with Gasteiger partial charge in [0.25, 0.3) is 0 Å². The first-order chi connectivity index (χ1) is 30.7. The second-order valence-corrected chi connectivity index (χ2v) is 16.1. The Hall–Kier alpha value is -8.14. The summed E-state index contributed by atoms with van der Waals surface area (Å²) in [6, 6.07) is 82.9. The van der Waals surface area contributed by atoms with Gasteiger partial charge in [-0.3, -0.25) is 4.90 Å². The zero-order chi connectivity index (χ0) is 41.0. The Bertz CT molecular complexity index is 3470. The summed E-state index contributed by atoms with van der Waals surface area (Å²) in [4.78, 5) is 12.6. The third-order valence-electron chi connectivity index (χ3n) is 12.5. The molecule has 0 saturated heterocycles. The minimum Gasteiger partial charge on any atom is -0.279 e. The van der Waals surface area contributed by atoms with Gasteiger partial charge in [0, 0.05) is 28.2 Å². The van der Waals surface area contributed by atoms with Gasteiger partial charge in [0.05, 0.1) is 11.2 Å². The molecule has 0 radical (unpaired) electrons. The molecule has 11 aromatic rings. The first-order valence-electron chi connectivity index (χ1n) is 21.3. The molecule has 1 aromatic heterocycles. The van der Waals surface area contributed by atoms with Crippen LogP contribution in [0.3, 0.4) is 0 Å². The fourth-order valence-electron chi connectivity index (χ4n) is 9.67. The Morgan fingerprint density at radius 2 is 0.952 bits per heavy atom. The second kappa shape index (κ2) is 14.8. The normalized spacial score (nSPS) is 13.0. The summed E-state index contributed by atoms with van der Waals surface area (Å²) in [7, 11) is 0. The Morgan fingerprint density at radius 1 is 0.355 bits per heavy atom. The third kappa shape index (κ3) is 6.05. The molecule has 0 fully saturated rings. The molecule has 0 aliphatic heterocycles. The van der Waals surface area contributed by atoms with Crippen molar-refractivity contribution in [1.29, 1.82) is 0 Å². The molecule has 0 N–H and O–H groups in total. The van der Waals surface area contributed by atoms with Crippen LogP contribution in [0.4, 0.5) is 17.3 Å². The maximum atomic E-state index is 5.28. The Balaban J connectivity index is 0.948. The highest BCUT2D eigenvalue weighted by molar-refractivity contribution is 6.09. The number of anilines is 3. The number of hydrogen-bond acceptors (Lipinski definition) is 3. The van der Waals surface area contributed by atoms with Crippen LogP contribution in [0.2, 0.25) is 0 Å². The fourth-order valence-corrected chi connectivity index (χ4v) is 9.67. The summed E-state index contributed by atoms with van der Waals surface area (Å²) >= 11 is 0. The van der Waals surface area contributed by atoms with Crippen LogP contribution in [-0.2, 0) is 0 Å². The lowest BCUT2D eigenvalue weighted by molar-refractivity contribution is 1.02. The third-order valence-corrected chi connectivity index (χ3v) is 12.5. The average Bonchev–Trinajstić information content (AvgIpc) is 3.69. The van der Waals surface area contributed by atoms with E-state index in [4.69, 9.17) is 9.97 Å². The van der Waals surface area contributed by atoms with Crippen molar-refractivity contribution in [2.24, 2.45) is 0 Å². The number of benzene rings is 10. The van der Waals surface area contributed by atoms with Crippen LogP contribution < -0.4 is 4.90 Å². The number of fused-ring (bicyclic) bond motifs is 7. The van der Waals surface area contributed by atoms with Crippen molar-refractivity contribution < 1.29 is 0 Å². The van der Waals surface area contributed by atoms with Gasteiger partial charge >= 0.3 is 0 Å². The van der Waals surface area contributed by atoms with Gasteiger partial charge in [0.2, 0.25) is 5.95 Å². The lowest BCUT2D eigenvalue weighted by Crippen LogP contribution is -2.14. The highest BCUT2D eigenvalue weighted by atomic mass is 15.3. The monoisotopic (exact) mass is 789 g/mol. The van der Waals surface area contributed by atoms with E-state index < -0.39 is 0 Å². The van der Waals surface area contributed by atoms with Crippen LogP contribution in [0, 0.1) is 0 Å². The van der Waals surface area contributed by atoms with Gasteiger partial charge in [-0.25, -0.2) is 9.97 Å². The van der Waals surface area contributed by atoms with Crippen molar-refractivity contribution in [3.8, 4) is 44.6 Å². The first kappa shape index (κ1) is 35.8. The Labute approximate surface area is 360 Å². The molecule has 3 heteroatoms. The lowest BCUT2D eigenvalue weighted by Gasteiger charge is -2.25. The molecular formula is C59H39N3. The molecule has 10 aromatic carbocycles. The first-order valence-corrected chi connectivity index (χ1v) is 21.3. The van der Waals surface area contributed by atoms with Crippen LogP contribution in [0.1, 0.15) is 22.6 Å². The maximum Gasteiger partial charge on any atom is 0.235 e. The van der Waals surface area contributed by atoms with Crippen molar-refractivity contribution in [2.45, 2.75) is 5.92 Å².